The van der Waals surface area contributed by atoms with Crippen molar-refractivity contribution in [2.45, 2.75) is 26.5 Å². The highest BCUT2D eigenvalue weighted by Gasteiger charge is 2.06. The molecule has 0 aliphatic carbocycles. The van der Waals surface area contributed by atoms with Crippen molar-refractivity contribution in [1.29, 1.82) is 0 Å². The highest BCUT2D eigenvalue weighted by atomic mass is 79.9. The van der Waals surface area contributed by atoms with Gasteiger partial charge in [-0.05, 0) is 38.1 Å². The van der Waals surface area contributed by atoms with Crippen LogP contribution >= 0.6 is 27.5 Å². The monoisotopic (exact) mass is 353 g/mol. The number of ether oxygens (including phenoxy) is 1. The summed E-state index contributed by atoms with van der Waals surface area (Å²) in [5.41, 5.74) is 2.01. The minimum absolute atomic E-state index is 0.158. The van der Waals surface area contributed by atoms with Gasteiger partial charge in [0.2, 0.25) is 0 Å². The third kappa shape index (κ3) is 4.15. The molecule has 2 rings (SSSR count). The second-order valence-corrected chi connectivity index (χ2v) is 6.07. The van der Waals surface area contributed by atoms with E-state index in [1.165, 1.54) is 0 Å². The summed E-state index contributed by atoms with van der Waals surface area (Å²) in [6.07, 6.45) is 0.158. The maximum Gasteiger partial charge on any atom is 0.124 e. The fourth-order valence-electron chi connectivity index (χ4n) is 1.84. The van der Waals surface area contributed by atoms with E-state index in [1.54, 1.807) is 0 Å². The van der Waals surface area contributed by atoms with E-state index in [1.807, 2.05) is 50.2 Å². The third-order valence-corrected chi connectivity index (χ3v) is 3.56. The Hall–Kier alpha value is -1.19. The summed E-state index contributed by atoms with van der Waals surface area (Å²) in [6.45, 7) is 4.71. The van der Waals surface area contributed by atoms with E-state index < -0.39 is 0 Å². The Balaban J connectivity index is 2.12. The molecule has 2 aromatic rings. The molecule has 0 unspecified atom stereocenters. The standard InChI is InChI=1S/C16H17BrClNO/c1-11(2)20-16-6-4-3-5-12(16)10-19-15-9-13(17)7-8-14(15)18/h3-9,11,19H,10H2,1-2H3. The Morgan fingerprint density at radius 2 is 1.95 bits per heavy atom. The van der Waals surface area contributed by atoms with Crippen LogP contribution in [-0.2, 0) is 6.54 Å². The van der Waals surface area contributed by atoms with Crippen LogP contribution in [0.25, 0.3) is 0 Å². The molecule has 106 valence electrons. The van der Waals surface area contributed by atoms with Crippen molar-refractivity contribution in [2.75, 3.05) is 5.32 Å². The molecule has 0 fully saturated rings. The first kappa shape index (κ1) is 15.2. The van der Waals surface area contributed by atoms with Crippen LogP contribution in [0.5, 0.6) is 5.75 Å². The van der Waals surface area contributed by atoms with Crippen LogP contribution in [0, 0.1) is 0 Å². The lowest BCUT2D eigenvalue weighted by Gasteiger charge is -2.15. The van der Waals surface area contributed by atoms with Gasteiger partial charge in [-0.15, -0.1) is 0 Å². The molecule has 4 heteroatoms. The Kier molecular flexibility index (Phi) is 5.32. The average molecular weight is 355 g/mol. The molecule has 0 radical (unpaired) electrons. The van der Waals surface area contributed by atoms with Crippen molar-refractivity contribution in [3.63, 3.8) is 0 Å². The Morgan fingerprint density at radius 3 is 2.70 bits per heavy atom. The molecule has 0 bridgehead atoms. The normalized spacial score (nSPS) is 10.7. The van der Waals surface area contributed by atoms with E-state index in [2.05, 4.69) is 27.3 Å². The summed E-state index contributed by atoms with van der Waals surface area (Å²) in [4.78, 5) is 0. The summed E-state index contributed by atoms with van der Waals surface area (Å²) in [6, 6.07) is 13.8. The molecule has 0 aromatic heterocycles. The number of halogens is 2. The molecule has 20 heavy (non-hydrogen) atoms. The summed E-state index contributed by atoms with van der Waals surface area (Å²) in [5, 5.41) is 4.05. The molecule has 0 atom stereocenters. The third-order valence-electron chi connectivity index (χ3n) is 2.73. The number of para-hydroxylation sites is 1. The van der Waals surface area contributed by atoms with Crippen molar-refractivity contribution >= 4 is 33.2 Å². The number of rotatable bonds is 5. The van der Waals surface area contributed by atoms with E-state index >= 15 is 0 Å². The van der Waals surface area contributed by atoms with Gasteiger partial charge in [-0.25, -0.2) is 0 Å². The fourth-order valence-corrected chi connectivity index (χ4v) is 2.39. The largest absolute Gasteiger partial charge is 0.491 e. The van der Waals surface area contributed by atoms with Gasteiger partial charge in [0.25, 0.3) is 0 Å². The molecule has 1 N–H and O–H groups in total. The lowest BCUT2D eigenvalue weighted by molar-refractivity contribution is 0.240. The molecule has 0 aliphatic heterocycles. The molecule has 0 saturated heterocycles. The number of anilines is 1. The van der Waals surface area contributed by atoms with Gasteiger partial charge in [0, 0.05) is 16.6 Å². The quantitative estimate of drug-likeness (QED) is 0.765. The van der Waals surface area contributed by atoms with Crippen LogP contribution in [0.2, 0.25) is 5.02 Å². The Labute approximate surface area is 133 Å². The van der Waals surface area contributed by atoms with Crippen LogP contribution < -0.4 is 10.1 Å². The first-order valence-corrected chi connectivity index (χ1v) is 7.67. The van der Waals surface area contributed by atoms with E-state index in [0.717, 1.165) is 21.5 Å². The van der Waals surface area contributed by atoms with E-state index in [-0.39, 0.29) is 6.10 Å². The second-order valence-electron chi connectivity index (χ2n) is 4.75. The molecule has 0 saturated carbocycles. The zero-order chi connectivity index (χ0) is 14.5. The van der Waals surface area contributed by atoms with Gasteiger partial charge >= 0.3 is 0 Å². The summed E-state index contributed by atoms with van der Waals surface area (Å²) in [5.74, 6) is 0.904. The first-order chi connectivity index (χ1) is 9.56. The smallest absolute Gasteiger partial charge is 0.124 e. The van der Waals surface area contributed by atoms with Crippen molar-refractivity contribution in [3.05, 3.63) is 57.5 Å². The van der Waals surface area contributed by atoms with E-state index in [9.17, 15) is 0 Å². The Bertz CT molecular complexity index is 586. The summed E-state index contributed by atoms with van der Waals surface area (Å²) >= 11 is 9.62. The molecular formula is C16H17BrClNO. The number of nitrogens with one attached hydrogen (secondary N) is 1. The SMILES string of the molecule is CC(C)Oc1ccccc1CNc1cc(Br)ccc1Cl. The van der Waals surface area contributed by atoms with Crippen LogP contribution in [-0.4, -0.2) is 6.10 Å². The van der Waals surface area contributed by atoms with Gasteiger partial charge in [-0.1, -0.05) is 45.7 Å². The maximum absolute atomic E-state index is 6.17. The molecule has 0 heterocycles. The topological polar surface area (TPSA) is 21.3 Å². The molecular weight excluding hydrogens is 338 g/mol. The van der Waals surface area contributed by atoms with Crippen LogP contribution in [0.15, 0.2) is 46.9 Å². The lowest BCUT2D eigenvalue weighted by Crippen LogP contribution is -2.09. The maximum atomic E-state index is 6.17. The molecule has 2 aromatic carbocycles. The van der Waals surface area contributed by atoms with Crippen LogP contribution in [0.1, 0.15) is 19.4 Å². The summed E-state index contributed by atoms with van der Waals surface area (Å²) in [7, 11) is 0. The van der Waals surface area contributed by atoms with Crippen molar-refractivity contribution < 1.29 is 4.74 Å². The van der Waals surface area contributed by atoms with Gasteiger partial charge in [-0.2, -0.15) is 0 Å². The molecule has 0 spiro atoms. The van der Waals surface area contributed by atoms with Gasteiger partial charge < -0.3 is 10.1 Å². The van der Waals surface area contributed by atoms with Crippen molar-refractivity contribution in [3.8, 4) is 5.75 Å². The van der Waals surface area contributed by atoms with Crippen molar-refractivity contribution in [2.24, 2.45) is 0 Å². The predicted octanol–water partition coefficient (Wildman–Crippen LogP) is 5.50. The summed E-state index contributed by atoms with van der Waals surface area (Å²) < 4.78 is 6.80. The van der Waals surface area contributed by atoms with E-state index in [4.69, 9.17) is 16.3 Å². The van der Waals surface area contributed by atoms with Gasteiger partial charge in [0.1, 0.15) is 5.75 Å². The minimum Gasteiger partial charge on any atom is -0.491 e. The molecule has 2 nitrogen and oxygen atoms in total. The zero-order valence-corrected chi connectivity index (χ0v) is 13.8. The zero-order valence-electron chi connectivity index (χ0n) is 11.5. The van der Waals surface area contributed by atoms with Crippen molar-refractivity contribution in [1.82, 2.24) is 0 Å². The fraction of sp³-hybridized carbons (Fsp3) is 0.250. The highest BCUT2D eigenvalue weighted by Crippen LogP contribution is 2.27. The van der Waals surface area contributed by atoms with Gasteiger partial charge in [0.15, 0.2) is 0 Å². The lowest BCUT2D eigenvalue weighted by atomic mass is 10.2. The number of hydrogen-bond acceptors (Lipinski definition) is 2. The Morgan fingerprint density at radius 1 is 1.20 bits per heavy atom. The van der Waals surface area contributed by atoms with Gasteiger partial charge in [0.05, 0.1) is 16.8 Å². The molecule has 0 aliphatic rings. The average Bonchev–Trinajstić information content (AvgIpc) is 2.41. The van der Waals surface area contributed by atoms with Gasteiger partial charge in [-0.3, -0.25) is 0 Å². The predicted molar refractivity (Wildman–Crippen MR) is 88.7 cm³/mol. The minimum atomic E-state index is 0.158. The number of hydrogen-bond donors (Lipinski definition) is 1. The van der Waals surface area contributed by atoms with E-state index in [0.29, 0.717) is 11.6 Å². The molecule has 0 amide bonds. The van der Waals surface area contributed by atoms with Crippen LogP contribution in [0.4, 0.5) is 5.69 Å². The second kappa shape index (κ2) is 7.00. The highest BCUT2D eigenvalue weighted by molar-refractivity contribution is 9.10. The first-order valence-electron chi connectivity index (χ1n) is 6.49. The number of benzene rings is 2. The van der Waals surface area contributed by atoms with Crippen LogP contribution in [0.3, 0.4) is 0 Å².